The second kappa shape index (κ2) is 13.8. The van der Waals surface area contributed by atoms with Crippen molar-refractivity contribution in [3.63, 3.8) is 0 Å². The lowest BCUT2D eigenvalue weighted by molar-refractivity contribution is -0.147. The summed E-state index contributed by atoms with van der Waals surface area (Å²) in [7, 11) is -3.51. The van der Waals surface area contributed by atoms with Crippen molar-refractivity contribution in [3.05, 3.63) is 135 Å². The molecule has 12 heteroatoms. The number of hydrogen-bond donors (Lipinski definition) is 2. The van der Waals surface area contributed by atoms with Gasteiger partial charge in [-0.15, -0.1) is 0 Å². The van der Waals surface area contributed by atoms with E-state index in [9.17, 15) is 22.8 Å². The zero-order valence-electron chi connectivity index (χ0n) is 25.8. The minimum Gasteiger partial charge on any atom is -0.459 e. The average molecular weight is 705 g/mol. The van der Waals surface area contributed by atoms with Crippen LogP contribution in [-0.2, 0) is 45.4 Å². The van der Waals surface area contributed by atoms with Crippen LogP contribution < -0.4 is 5.32 Å². The molecule has 6 rings (SSSR count). The summed E-state index contributed by atoms with van der Waals surface area (Å²) in [4.78, 5) is 45.5. The van der Waals surface area contributed by atoms with E-state index in [4.69, 9.17) is 27.9 Å². The molecule has 1 unspecified atom stereocenters. The van der Waals surface area contributed by atoms with Crippen LogP contribution in [0.1, 0.15) is 43.0 Å². The van der Waals surface area contributed by atoms with Gasteiger partial charge < -0.3 is 19.9 Å². The van der Waals surface area contributed by atoms with Crippen LogP contribution >= 0.6 is 23.2 Å². The predicted octanol–water partition coefficient (Wildman–Crippen LogP) is 6.16. The van der Waals surface area contributed by atoms with E-state index in [1.54, 1.807) is 41.3 Å². The molecule has 0 saturated carbocycles. The van der Waals surface area contributed by atoms with Crippen molar-refractivity contribution in [2.45, 2.75) is 36.9 Å². The lowest BCUT2D eigenvalue weighted by Gasteiger charge is -2.30. The van der Waals surface area contributed by atoms with Crippen LogP contribution in [0.5, 0.6) is 0 Å². The summed E-state index contributed by atoms with van der Waals surface area (Å²) in [5.41, 5.74) is 4.09. The Hall–Kier alpha value is -4.64. The first-order valence-electron chi connectivity index (χ1n) is 15.1. The van der Waals surface area contributed by atoms with E-state index in [1.165, 1.54) is 12.1 Å². The Kier molecular flexibility index (Phi) is 9.59. The molecule has 2 N–H and O–H groups in total. The number of fused-ring (bicyclic) bond motifs is 2. The Morgan fingerprint density at radius 2 is 1.73 bits per heavy atom. The van der Waals surface area contributed by atoms with Gasteiger partial charge in [0.25, 0.3) is 11.8 Å². The van der Waals surface area contributed by atoms with Crippen molar-refractivity contribution in [2.24, 2.45) is 0 Å². The standard InChI is InChI=1S/C36H31Cl2N3O6S/c1-48(45,46)27-9-5-8-23(16-27)17-31(36(44)47-21-22-6-3-2-4-7-22)40-34(42)32-29(37)18-26-20-41(15-13-28(26)33(32)38)35(43)25-11-10-24-12-14-39-30(24)19-25/h2-12,14,16,18-19,31,39H,13,15,17,20-21H2,1H3,(H,40,42). The predicted molar refractivity (Wildman–Crippen MR) is 184 cm³/mol. The van der Waals surface area contributed by atoms with Crippen molar-refractivity contribution in [1.82, 2.24) is 15.2 Å². The van der Waals surface area contributed by atoms with Crippen molar-refractivity contribution in [2.75, 3.05) is 12.8 Å². The van der Waals surface area contributed by atoms with Gasteiger partial charge in [0.1, 0.15) is 12.6 Å². The van der Waals surface area contributed by atoms with E-state index in [0.29, 0.717) is 29.7 Å². The number of amides is 2. The molecule has 0 radical (unpaired) electrons. The van der Waals surface area contributed by atoms with E-state index in [2.05, 4.69) is 10.3 Å². The molecule has 4 aromatic carbocycles. The molecule has 1 aromatic heterocycles. The molecule has 1 atom stereocenters. The van der Waals surface area contributed by atoms with E-state index in [-0.39, 0.29) is 46.0 Å². The van der Waals surface area contributed by atoms with Gasteiger partial charge >= 0.3 is 5.97 Å². The maximum absolute atomic E-state index is 13.8. The number of carbonyl (C=O) groups is 3. The fourth-order valence-corrected chi connectivity index (χ4v) is 7.24. The molecule has 48 heavy (non-hydrogen) atoms. The first-order chi connectivity index (χ1) is 23.0. The van der Waals surface area contributed by atoms with Crippen LogP contribution in [0.25, 0.3) is 10.9 Å². The lowest BCUT2D eigenvalue weighted by atomic mass is 9.95. The van der Waals surface area contributed by atoms with Crippen LogP contribution in [0.15, 0.2) is 96.0 Å². The Morgan fingerprint density at radius 1 is 0.958 bits per heavy atom. The van der Waals surface area contributed by atoms with Crippen LogP contribution in [0, 0.1) is 0 Å². The first kappa shape index (κ1) is 33.3. The van der Waals surface area contributed by atoms with Crippen LogP contribution in [0.2, 0.25) is 10.0 Å². The van der Waals surface area contributed by atoms with Gasteiger partial charge in [0.05, 0.1) is 20.5 Å². The number of aromatic amines is 1. The molecule has 2 amide bonds. The van der Waals surface area contributed by atoms with Gasteiger partial charge in [0.15, 0.2) is 9.84 Å². The fraction of sp³-hybridized carbons (Fsp3) is 0.194. The van der Waals surface area contributed by atoms with Crippen molar-refractivity contribution < 1.29 is 27.5 Å². The molecule has 0 bridgehead atoms. The first-order valence-corrected chi connectivity index (χ1v) is 17.8. The highest BCUT2D eigenvalue weighted by Crippen LogP contribution is 2.35. The molecular formula is C36H31Cl2N3O6S. The maximum Gasteiger partial charge on any atom is 0.329 e. The van der Waals surface area contributed by atoms with Gasteiger partial charge in [-0.2, -0.15) is 0 Å². The molecule has 0 aliphatic carbocycles. The highest BCUT2D eigenvalue weighted by Gasteiger charge is 2.30. The van der Waals surface area contributed by atoms with E-state index in [0.717, 1.165) is 28.3 Å². The number of nitrogens with zero attached hydrogens (tertiary/aromatic N) is 1. The quantitative estimate of drug-likeness (QED) is 0.177. The number of H-pyrrole nitrogens is 1. The molecular weight excluding hydrogens is 673 g/mol. The molecule has 9 nitrogen and oxygen atoms in total. The summed E-state index contributed by atoms with van der Waals surface area (Å²) in [6.45, 7) is 0.607. The maximum atomic E-state index is 13.8. The summed E-state index contributed by atoms with van der Waals surface area (Å²) in [6, 6.07) is 23.1. The van der Waals surface area contributed by atoms with Crippen molar-refractivity contribution in [3.8, 4) is 0 Å². The zero-order valence-corrected chi connectivity index (χ0v) is 28.2. The van der Waals surface area contributed by atoms with Crippen LogP contribution in [-0.4, -0.2) is 54.9 Å². The number of rotatable bonds is 9. The monoisotopic (exact) mass is 703 g/mol. The molecule has 5 aromatic rings. The third-order valence-electron chi connectivity index (χ3n) is 8.30. The lowest BCUT2D eigenvalue weighted by Crippen LogP contribution is -2.43. The van der Waals surface area contributed by atoms with Gasteiger partial charge in [0.2, 0.25) is 0 Å². The van der Waals surface area contributed by atoms with E-state index in [1.807, 2.05) is 42.6 Å². The fourth-order valence-electron chi connectivity index (χ4n) is 5.79. The molecule has 1 aliphatic rings. The average Bonchev–Trinajstić information content (AvgIpc) is 3.55. The smallest absolute Gasteiger partial charge is 0.329 e. The molecule has 1 aliphatic heterocycles. The van der Waals surface area contributed by atoms with E-state index >= 15 is 0 Å². The Labute approximate surface area is 287 Å². The number of ether oxygens (including phenoxy) is 1. The van der Waals surface area contributed by atoms with Crippen molar-refractivity contribution >= 4 is 61.7 Å². The number of nitrogens with one attached hydrogen (secondary N) is 2. The third-order valence-corrected chi connectivity index (χ3v) is 10.1. The number of benzene rings is 4. The molecule has 246 valence electrons. The SMILES string of the molecule is CS(=O)(=O)c1cccc(CC(NC(=O)c2c(Cl)cc3c(c2Cl)CCN(C(=O)c2ccc4cc[nH]c4c2)C3)C(=O)OCc2ccccc2)c1. The van der Waals surface area contributed by atoms with Crippen LogP contribution in [0.4, 0.5) is 0 Å². The third kappa shape index (κ3) is 7.26. The molecule has 0 saturated heterocycles. The number of halogens is 2. The second-order valence-corrected chi connectivity index (χ2v) is 14.5. The summed E-state index contributed by atoms with van der Waals surface area (Å²) >= 11 is 13.5. The van der Waals surface area contributed by atoms with Gasteiger partial charge in [-0.05, 0) is 70.5 Å². The Bertz CT molecular complexity index is 2150. The number of carbonyl (C=O) groups excluding carboxylic acids is 3. The summed E-state index contributed by atoms with van der Waals surface area (Å²) in [5.74, 6) is -1.54. The van der Waals surface area contributed by atoms with Crippen LogP contribution in [0.3, 0.4) is 0 Å². The topological polar surface area (TPSA) is 126 Å². The largest absolute Gasteiger partial charge is 0.459 e. The van der Waals surface area contributed by atoms with Gasteiger partial charge in [-0.3, -0.25) is 9.59 Å². The minimum absolute atomic E-state index is 0.000183. The van der Waals surface area contributed by atoms with Gasteiger partial charge in [-0.1, -0.05) is 71.7 Å². The molecule has 2 heterocycles. The number of aromatic nitrogens is 1. The Morgan fingerprint density at radius 3 is 2.50 bits per heavy atom. The summed E-state index contributed by atoms with van der Waals surface area (Å²) in [5, 5.41) is 3.94. The van der Waals surface area contributed by atoms with E-state index < -0.39 is 27.8 Å². The summed E-state index contributed by atoms with van der Waals surface area (Å²) in [6.07, 6.45) is 3.26. The normalized spacial score (nSPS) is 13.5. The molecule has 0 spiro atoms. The number of esters is 1. The van der Waals surface area contributed by atoms with Gasteiger partial charge in [-0.25, -0.2) is 13.2 Å². The van der Waals surface area contributed by atoms with Crippen molar-refractivity contribution in [1.29, 1.82) is 0 Å². The Balaban J connectivity index is 1.23. The minimum atomic E-state index is -3.51. The number of hydrogen-bond acceptors (Lipinski definition) is 6. The summed E-state index contributed by atoms with van der Waals surface area (Å²) < 4.78 is 29.9. The number of sulfone groups is 1. The second-order valence-electron chi connectivity index (χ2n) is 11.7. The van der Waals surface area contributed by atoms with Gasteiger partial charge in [0, 0.05) is 43.0 Å². The molecule has 0 fully saturated rings. The zero-order chi connectivity index (χ0) is 34.0. The highest BCUT2D eigenvalue weighted by atomic mass is 35.5. The highest BCUT2D eigenvalue weighted by molar-refractivity contribution is 7.90.